The number of carbonyl (C=O) groups is 2. The van der Waals surface area contributed by atoms with E-state index < -0.39 is 11.0 Å². The van der Waals surface area contributed by atoms with Crippen LogP contribution in [-0.4, -0.2) is 34.3 Å². The number of para-hydroxylation sites is 1. The lowest BCUT2D eigenvalue weighted by Gasteiger charge is -2.49. The second-order valence-corrected chi connectivity index (χ2v) is 12.5. The zero-order chi connectivity index (χ0) is 26.1. The Balaban J connectivity index is 1.50. The van der Waals surface area contributed by atoms with Gasteiger partial charge in [-0.3, -0.25) is 14.5 Å². The van der Waals surface area contributed by atoms with E-state index in [1.54, 1.807) is 0 Å². The van der Waals surface area contributed by atoms with Crippen LogP contribution in [0.5, 0.6) is 0 Å². The van der Waals surface area contributed by atoms with Gasteiger partial charge in [0.05, 0.1) is 5.41 Å². The van der Waals surface area contributed by atoms with Gasteiger partial charge in [-0.15, -0.1) is 11.8 Å². The quantitative estimate of drug-likeness (QED) is 0.338. The van der Waals surface area contributed by atoms with Crippen LogP contribution in [0.3, 0.4) is 0 Å². The van der Waals surface area contributed by atoms with E-state index in [-0.39, 0.29) is 23.7 Å². The number of amides is 1. The normalized spacial score (nSPS) is 31.3. The third-order valence-corrected chi connectivity index (χ3v) is 10.5. The maximum atomic E-state index is 15.1. The van der Waals surface area contributed by atoms with Gasteiger partial charge in [0.15, 0.2) is 5.78 Å². The van der Waals surface area contributed by atoms with E-state index in [1.165, 1.54) is 0 Å². The van der Waals surface area contributed by atoms with Crippen LogP contribution in [0.25, 0.3) is 6.08 Å². The van der Waals surface area contributed by atoms with Crippen LogP contribution in [0.1, 0.15) is 41.9 Å². The first kappa shape index (κ1) is 24.5. The molecule has 7 heteroatoms. The van der Waals surface area contributed by atoms with Gasteiger partial charge < -0.3 is 5.32 Å². The first-order valence-corrected chi connectivity index (χ1v) is 14.9. The predicted molar refractivity (Wildman–Crippen MR) is 155 cm³/mol. The molecule has 1 N–H and O–H groups in total. The number of rotatable bonds is 2. The molecule has 3 aromatic rings. The molecule has 0 radical (unpaired) electrons. The van der Waals surface area contributed by atoms with Gasteiger partial charge in [0.1, 0.15) is 5.54 Å². The maximum Gasteiger partial charge on any atom is 0.250 e. The molecule has 0 unspecified atom stereocenters. The second kappa shape index (κ2) is 8.99. The minimum absolute atomic E-state index is 0.0527. The van der Waals surface area contributed by atoms with Crippen molar-refractivity contribution in [3.8, 4) is 0 Å². The number of hydrogen-bond acceptors (Lipinski definition) is 4. The van der Waals surface area contributed by atoms with Gasteiger partial charge >= 0.3 is 0 Å². The lowest BCUT2D eigenvalue weighted by atomic mass is 9.53. The third-order valence-electron chi connectivity index (χ3n) is 8.96. The van der Waals surface area contributed by atoms with Crippen LogP contribution < -0.4 is 5.32 Å². The monoisotopic (exact) mass is 560 g/mol. The average molecular weight is 562 g/mol. The Morgan fingerprint density at radius 3 is 2.42 bits per heavy atom. The molecule has 0 aromatic heterocycles. The summed E-state index contributed by atoms with van der Waals surface area (Å²) in [7, 11) is 0. The minimum atomic E-state index is -1.07. The van der Waals surface area contributed by atoms with Crippen LogP contribution in [-0.2, 0) is 15.1 Å². The number of anilines is 1. The smallest absolute Gasteiger partial charge is 0.250 e. The molecule has 3 heterocycles. The molecule has 7 rings (SSSR count). The Kier molecular flexibility index (Phi) is 5.79. The molecule has 1 aliphatic carbocycles. The molecule has 0 bridgehead atoms. The molecule has 38 heavy (non-hydrogen) atoms. The van der Waals surface area contributed by atoms with Gasteiger partial charge in [0, 0.05) is 44.9 Å². The lowest BCUT2D eigenvalue weighted by Crippen LogP contribution is -2.60. The molecular formula is C31H26Cl2N2O2S. The standard InChI is InChI=1S/C31H26Cl2N2O2S/c32-22-11-7-19(8-12-22)16-21-4-3-15-30(28(21)36)27(20-9-13-23(33)14-10-20)26-17-38-18-35(26)31(30)24-5-1-2-6-25(24)34-29(31)37/h1-2,5-14,16,26-27H,3-4,15,17-18H2,(H,34,37)/t26-,27-,30-,31-/m0/s1. The molecule has 2 spiro atoms. The number of nitrogens with zero attached hydrogens (tertiary/aromatic N) is 1. The van der Waals surface area contributed by atoms with Crippen molar-refractivity contribution in [2.75, 3.05) is 16.9 Å². The van der Waals surface area contributed by atoms with E-state index in [4.69, 9.17) is 23.2 Å². The molecule has 4 aliphatic rings. The molecular weight excluding hydrogens is 535 g/mol. The largest absolute Gasteiger partial charge is 0.324 e. The summed E-state index contributed by atoms with van der Waals surface area (Å²) in [4.78, 5) is 31.8. The van der Waals surface area contributed by atoms with E-state index in [0.29, 0.717) is 28.8 Å². The summed E-state index contributed by atoms with van der Waals surface area (Å²) in [6.45, 7) is 0. The van der Waals surface area contributed by atoms with Crippen LogP contribution >= 0.6 is 35.0 Å². The molecule has 3 fully saturated rings. The fraction of sp³-hybridized carbons (Fsp3) is 0.290. The molecule has 1 amide bonds. The van der Waals surface area contributed by atoms with Gasteiger partial charge in [0.25, 0.3) is 5.91 Å². The Labute approximate surface area is 236 Å². The summed E-state index contributed by atoms with van der Waals surface area (Å²) in [5.41, 5.74) is 2.52. The van der Waals surface area contributed by atoms with Crippen molar-refractivity contribution in [3.63, 3.8) is 0 Å². The van der Waals surface area contributed by atoms with E-state index in [1.807, 2.05) is 78.5 Å². The summed E-state index contributed by atoms with van der Waals surface area (Å²) >= 11 is 14.3. The summed E-state index contributed by atoms with van der Waals surface area (Å²) in [5, 5.41) is 4.51. The molecule has 192 valence electrons. The fourth-order valence-electron chi connectivity index (χ4n) is 7.65. The van der Waals surface area contributed by atoms with Crippen LogP contribution in [0.4, 0.5) is 5.69 Å². The summed E-state index contributed by atoms with van der Waals surface area (Å²) in [5.74, 6) is 1.44. The van der Waals surface area contributed by atoms with Gasteiger partial charge in [0.2, 0.25) is 0 Å². The van der Waals surface area contributed by atoms with E-state index in [2.05, 4.69) is 22.3 Å². The highest BCUT2D eigenvalue weighted by atomic mass is 35.5. The first-order valence-electron chi connectivity index (χ1n) is 13.0. The molecule has 3 aromatic carbocycles. The van der Waals surface area contributed by atoms with Crippen molar-refractivity contribution in [2.45, 2.75) is 36.8 Å². The number of nitrogens with one attached hydrogen (secondary N) is 1. The molecule has 1 saturated carbocycles. The third kappa shape index (κ3) is 3.22. The number of halogens is 2. The zero-order valence-electron chi connectivity index (χ0n) is 20.6. The Hall–Kier alpha value is -2.57. The van der Waals surface area contributed by atoms with Gasteiger partial charge in [-0.1, -0.05) is 65.7 Å². The Bertz CT molecular complexity index is 1490. The molecule has 4 atom stereocenters. The van der Waals surface area contributed by atoms with Crippen molar-refractivity contribution >= 4 is 58.4 Å². The number of benzene rings is 3. The number of allylic oxidation sites excluding steroid dienone is 1. The van der Waals surface area contributed by atoms with Crippen molar-refractivity contribution < 1.29 is 9.59 Å². The van der Waals surface area contributed by atoms with Crippen LogP contribution in [0.2, 0.25) is 10.0 Å². The van der Waals surface area contributed by atoms with Crippen LogP contribution in [0.15, 0.2) is 78.4 Å². The number of hydrogen-bond donors (Lipinski definition) is 1. The highest BCUT2D eigenvalue weighted by Crippen LogP contribution is 2.70. The number of carbonyl (C=O) groups excluding carboxylic acids is 2. The maximum absolute atomic E-state index is 15.1. The Morgan fingerprint density at radius 1 is 0.947 bits per heavy atom. The topological polar surface area (TPSA) is 49.4 Å². The number of fused-ring (bicyclic) bond motifs is 5. The van der Waals surface area contributed by atoms with Crippen LogP contribution in [0, 0.1) is 5.41 Å². The number of Topliss-reactive ketones (excluding diaryl/α,β-unsaturated/α-hetero) is 1. The van der Waals surface area contributed by atoms with Crippen molar-refractivity contribution in [3.05, 3.63) is 105 Å². The number of thioether (sulfide) groups is 1. The van der Waals surface area contributed by atoms with E-state index in [9.17, 15) is 4.79 Å². The van der Waals surface area contributed by atoms with Crippen molar-refractivity contribution in [1.29, 1.82) is 0 Å². The summed E-state index contributed by atoms with van der Waals surface area (Å²) in [6.07, 6.45) is 4.18. The highest BCUT2D eigenvalue weighted by Gasteiger charge is 2.77. The molecule has 3 aliphatic heterocycles. The summed E-state index contributed by atoms with van der Waals surface area (Å²) < 4.78 is 0. The van der Waals surface area contributed by atoms with E-state index in [0.717, 1.165) is 40.1 Å². The van der Waals surface area contributed by atoms with Crippen molar-refractivity contribution in [2.24, 2.45) is 5.41 Å². The summed E-state index contributed by atoms with van der Waals surface area (Å²) in [6, 6.07) is 23.5. The van der Waals surface area contributed by atoms with Gasteiger partial charge in [-0.2, -0.15) is 0 Å². The van der Waals surface area contributed by atoms with E-state index >= 15 is 4.79 Å². The molecule has 4 nitrogen and oxygen atoms in total. The van der Waals surface area contributed by atoms with Crippen molar-refractivity contribution in [1.82, 2.24) is 4.90 Å². The lowest BCUT2D eigenvalue weighted by molar-refractivity contribution is -0.145. The number of ketones is 1. The first-order chi connectivity index (χ1) is 18.5. The predicted octanol–water partition coefficient (Wildman–Crippen LogP) is 7.14. The average Bonchev–Trinajstić information content (AvgIpc) is 3.57. The Morgan fingerprint density at radius 2 is 1.66 bits per heavy atom. The SMILES string of the molecule is O=C1Nc2ccccc2[C@]12N1CSC[C@H]1[C@H](c1ccc(Cl)cc1)[C@]21CCCC(=Cc2ccc(Cl)cc2)C1=O. The highest BCUT2D eigenvalue weighted by molar-refractivity contribution is 7.99. The molecule has 2 saturated heterocycles. The van der Waals surface area contributed by atoms with Gasteiger partial charge in [-0.25, -0.2) is 0 Å². The second-order valence-electron chi connectivity index (χ2n) is 10.7. The van der Waals surface area contributed by atoms with Gasteiger partial charge in [-0.05, 0) is 72.4 Å². The minimum Gasteiger partial charge on any atom is -0.324 e. The zero-order valence-corrected chi connectivity index (χ0v) is 23.0. The fourth-order valence-corrected chi connectivity index (χ4v) is 9.20.